The highest BCUT2D eigenvalue weighted by molar-refractivity contribution is 5.91. The Morgan fingerprint density at radius 2 is 1.96 bits per heavy atom. The van der Waals surface area contributed by atoms with Crippen LogP contribution in [-0.2, 0) is 11.2 Å². The molecule has 1 unspecified atom stereocenters. The first kappa shape index (κ1) is 16.1. The predicted octanol–water partition coefficient (Wildman–Crippen LogP) is 4.48. The lowest BCUT2D eigenvalue weighted by Crippen LogP contribution is -2.19. The summed E-state index contributed by atoms with van der Waals surface area (Å²) in [6.45, 7) is 1.81. The summed E-state index contributed by atoms with van der Waals surface area (Å²) in [7, 11) is 0. The Balaban J connectivity index is 1.40. The fourth-order valence-corrected chi connectivity index (χ4v) is 4.09. The molecule has 4 rings (SSSR count). The van der Waals surface area contributed by atoms with E-state index in [9.17, 15) is 9.18 Å². The van der Waals surface area contributed by atoms with Crippen LogP contribution in [0.1, 0.15) is 42.7 Å². The van der Waals surface area contributed by atoms with Crippen LogP contribution in [0.3, 0.4) is 0 Å². The number of benzene rings is 2. The molecule has 1 N–H and O–H groups in total. The maximum absolute atomic E-state index is 14.4. The molecule has 1 saturated heterocycles. The van der Waals surface area contributed by atoms with Crippen molar-refractivity contribution in [3.63, 3.8) is 0 Å². The van der Waals surface area contributed by atoms with Gasteiger partial charge in [0.25, 0.3) is 0 Å². The minimum atomic E-state index is -0.258. The van der Waals surface area contributed by atoms with Gasteiger partial charge in [-0.3, -0.25) is 4.79 Å². The third-order valence-electron chi connectivity index (χ3n) is 5.37. The number of hydrogen-bond acceptors (Lipinski definition) is 2. The molecule has 2 aliphatic rings. The molecule has 0 saturated carbocycles. The zero-order valence-electron chi connectivity index (χ0n) is 14.3. The lowest BCUT2D eigenvalue weighted by molar-refractivity contribution is -0.116. The van der Waals surface area contributed by atoms with Gasteiger partial charge in [-0.05, 0) is 60.9 Å². The SMILES string of the molecule is O=C(CC1CCc2ccccc21)Nc1ccc(N2CCCC2)c(F)c1. The highest BCUT2D eigenvalue weighted by Crippen LogP contribution is 2.35. The summed E-state index contributed by atoms with van der Waals surface area (Å²) in [5.41, 5.74) is 3.81. The monoisotopic (exact) mass is 338 g/mol. The average Bonchev–Trinajstić information content (AvgIpc) is 3.26. The minimum absolute atomic E-state index is 0.0463. The standard InChI is InChI=1S/C21H23FN2O/c22-19-14-17(9-10-20(19)24-11-3-4-12-24)23-21(25)13-16-8-7-15-5-1-2-6-18(15)16/h1-2,5-6,9-10,14,16H,3-4,7-8,11-13H2,(H,23,25). The van der Waals surface area contributed by atoms with Crippen LogP contribution in [0.5, 0.6) is 0 Å². The van der Waals surface area contributed by atoms with E-state index in [0.717, 1.165) is 38.8 Å². The second kappa shape index (κ2) is 6.87. The van der Waals surface area contributed by atoms with Crippen molar-refractivity contribution in [1.29, 1.82) is 0 Å². The molecule has 130 valence electrons. The fourth-order valence-electron chi connectivity index (χ4n) is 4.09. The molecule has 1 amide bonds. The maximum Gasteiger partial charge on any atom is 0.224 e. The molecule has 2 aromatic carbocycles. The first-order valence-electron chi connectivity index (χ1n) is 9.13. The largest absolute Gasteiger partial charge is 0.369 e. The van der Waals surface area contributed by atoms with Gasteiger partial charge in [0.15, 0.2) is 0 Å². The van der Waals surface area contributed by atoms with E-state index in [1.807, 2.05) is 12.1 Å². The Hall–Kier alpha value is -2.36. The van der Waals surface area contributed by atoms with Crippen LogP contribution in [0.25, 0.3) is 0 Å². The van der Waals surface area contributed by atoms with Gasteiger partial charge in [-0.1, -0.05) is 24.3 Å². The second-order valence-corrected chi connectivity index (χ2v) is 7.05. The number of halogens is 1. The first-order chi connectivity index (χ1) is 12.2. The van der Waals surface area contributed by atoms with E-state index in [-0.39, 0.29) is 17.6 Å². The van der Waals surface area contributed by atoms with E-state index in [4.69, 9.17) is 0 Å². The van der Waals surface area contributed by atoms with Gasteiger partial charge in [0, 0.05) is 25.2 Å². The predicted molar refractivity (Wildman–Crippen MR) is 98.6 cm³/mol. The van der Waals surface area contributed by atoms with Gasteiger partial charge < -0.3 is 10.2 Å². The molecular weight excluding hydrogens is 315 g/mol. The summed E-state index contributed by atoms with van der Waals surface area (Å²) in [4.78, 5) is 14.5. The highest BCUT2D eigenvalue weighted by atomic mass is 19.1. The van der Waals surface area contributed by atoms with E-state index in [1.54, 1.807) is 12.1 Å². The molecule has 3 nitrogen and oxygen atoms in total. The van der Waals surface area contributed by atoms with Gasteiger partial charge >= 0.3 is 0 Å². The molecule has 0 spiro atoms. The van der Waals surface area contributed by atoms with Gasteiger partial charge in [0.2, 0.25) is 5.91 Å². The number of nitrogens with one attached hydrogen (secondary N) is 1. The van der Waals surface area contributed by atoms with Gasteiger partial charge in [-0.15, -0.1) is 0 Å². The van der Waals surface area contributed by atoms with Crippen molar-refractivity contribution in [1.82, 2.24) is 0 Å². The van der Waals surface area contributed by atoms with Crippen LogP contribution in [-0.4, -0.2) is 19.0 Å². The molecule has 1 atom stereocenters. The average molecular weight is 338 g/mol. The van der Waals surface area contributed by atoms with Gasteiger partial charge in [0.1, 0.15) is 5.82 Å². The summed E-state index contributed by atoms with van der Waals surface area (Å²) in [5.74, 6) is -0.0362. The topological polar surface area (TPSA) is 32.3 Å². The van der Waals surface area contributed by atoms with E-state index >= 15 is 0 Å². The quantitative estimate of drug-likeness (QED) is 0.891. The van der Waals surface area contributed by atoms with Crippen LogP contribution >= 0.6 is 0 Å². The number of carbonyl (C=O) groups is 1. The van der Waals surface area contributed by atoms with Crippen molar-refractivity contribution >= 4 is 17.3 Å². The fraction of sp³-hybridized carbons (Fsp3) is 0.381. The third kappa shape index (κ3) is 3.39. The lowest BCUT2D eigenvalue weighted by Gasteiger charge is -2.19. The second-order valence-electron chi connectivity index (χ2n) is 7.05. The Bertz CT molecular complexity index is 783. The van der Waals surface area contributed by atoms with Crippen LogP contribution in [0.2, 0.25) is 0 Å². The van der Waals surface area contributed by atoms with Gasteiger partial charge in [0.05, 0.1) is 5.69 Å². The Labute approximate surface area is 147 Å². The number of hydrogen-bond donors (Lipinski definition) is 1. The first-order valence-corrected chi connectivity index (χ1v) is 9.13. The van der Waals surface area contributed by atoms with E-state index in [2.05, 4.69) is 22.3 Å². The number of amides is 1. The smallest absolute Gasteiger partial charge is 0.224 e. The number of carbonyl (C=O) groups excluding carboxylic acids is 1. The molecule has 25 heavy (non-hydrogen) atoms. The summed E-state index contributed by atoms with van der Waals surface area (Å²) in [5, 5.41) is 2.86. The molecule has 4 heteroatoms. The van der Waals surface area contributed by atoms with E-state index in [0.29, 0.717) is 17.8 Å². The molecule has 1 aliphatic heterocycles. The van der Waals surface area contributed by atoms with Crippen molar-refractivity contribution in [2.45, 2.75) is 38.0 Å². The third-order valence-corrected chi connectivity index (χ3v) is 5.37. The molecule has 2 aromatic rings. The van der Waals surface area contributed by atoms with Crippen molar-refractivity contribution in [2.75, 3.05) is 23.3 Å². The number of fused-ring (bicyclic) bond motifs is 1. The molecule has 0 aromatic heterocycles. The van der Waals surface area contributed by atoms with Crippen LogP contribution in [0.4, 0.5) is 15.8 Å². The van der Waals surface area contributed by atoms with Crippen molar-refractivity contribution < 1.29 is 9.18 Å². The van der Waals surface area contributed by atoms with Crippen LogP contribution in [0, 0.1) is 5.82 Å². The molecule has 1 fully saturated rings. The normalized spacial score (nSPS) is 19.1. The minimum Gasteiger partial charge on any atom is -0.369 e. The number of anilines is 2. The Morgan fingerprint density at radius 1 is 1.16 bits per heavy atom. The van der Waals surface area contributed by atoms with Crippen molar-refractivity contribution in [3.8, 4) is 0 Å². The van der Waals surface area contributed by atoms with E-state index < -0.39 is 0 Å². The lowest BCUT2D eigenvalue weighted by atomic mass is 9.97. The van der Waals surface area contributed by atoms with Crippen LogP contribution < -0.4 is 10.2 Å². The molecule has 1 aliphatic carbocycles. The van der Waals surface area contributed by atoms with Gasteiger partial charge in [-0.2, -0.15) is 0 Å². The molecule has 0 bridgehead atoms. The van der Waals surface area contributed by atoms with E-state index in [1.165, 1.54) is 17.2 Å². The van der Waals surface area contributed by atoms with Gasteiger partial charge in [-0.25, -0.2) is 4.39 Å². The number of rotatable bonds is 4. The molecule has 1 heterocycles. The summed E-state index contributed by atoms with van der Waals surface area (Å²) < 4.78 is 14.4. The van der Waals surface area contributed by atoms with Crippen molar-refractivity contribution in [3.05, 3.63) is 59.4 Å². The summed E-state index contributed by atoms with van der Waals surface area (Å²) in [6, 6.07) is 13.4. The zero-order chi connectivity index (χ0) is 17.2. The van der Waals surface area contributed by atoms with Crippen molar-refractivity contribution in [2.24, 2.45) is 0 Å². The Kier molecular flexibility index (Phi) is 4.43. The highest BCUT2D eigenvalue weighted by Gasteiger charge is 2.24. The molecular formula is C21H23FN2O. The van der Waals surface area contributed by atoms with Crippen LogP contribution in [0.15, 0.2) is 42.5 Å². The maximum atomic E-state index is 14.4. The summed E-state index contributed by atoms with van der Waals surface area (Å²) in [6.07, 6.45) is 4.72. The Morgan fingerprint density at radius 3 is 2.76 bits per heavy atom. The molecule has 0 radical (unpaired) electrons. The summed E-state index contributed by atoms with van der Waals surface area (Å²) >= 11 is 0. The number of nitrogens with zero attached hydrogens (tertiary/aromatic N) is 1. The zero-order valence-corrected chi connectivity index (χ0v) is 14.3. The number of aryl methyl sites for hydroxylation is 1.